The minimum absolute atomic E-state index is 0.213. The number of rotatable bonds is 2. The molecule has 0 spiro atoms. The Morgan fingerprint density at radius 2 is 2.17 bits per heavy atom. The molecule has 1 heterocycles. The normalized spacial score (nSPS) is 10.2. The van der Waals surface area contributed by atoms with Crippen LogP contribution in [0.2, 0.25) is 5.02 Å². The molecule has 18 heavy (non-hydrogen) atoms. The van der Waals surface area contributed by atoms with Crippen molar-refractivity contribution >= 4 is 61.7 Å². The Morgan fingerprint density at radius 3 is 2.83 bits per heavy atom. The summed E-state index contributed by atoms with van der Waals surface area (Å²) in [7, 11) is 0. The van der Waals surface area contributed by atoms with Crippen LogP contribution in [0.25, 0.3) is 0 Å². The topological polar surface area (TPSA) is 42.0 Å². The highest BCUT2D eigenvalue weighted by atomic mass is 127. The van der Waals surface area contributed by atoms with E-state index in [1.807, 2.05) is 0 Å². The third-order valence-corrected chi connectivity index (χ3v) is 3.94. The van der Waals surface area contributed by atoms with Gasteiger partial charge in [-0.15, -0.1) is 0 Å². The predicted molar refractivity (Wildman–Crippen MR) is 84.1 cm³/mol. The SMILES string of the molecule is O=C(Nc1ccc(Cl)cc1I)c1cccnc1Br. The molecular weight excluding hydrogens is 430 g/mol. The molecule has 0 aliphatic carbocycles. The van der Waals surface area contributed by atoms with Gasteiger partial charge in [-0.2, -0.15) is 0 Å². The van der Waals surface area contributed by atoms with Gasteiger partial charge in [0.05, 0.1) is 11.3 Å². The Bertz CT molecular complexity index is 606. The quantitative estimate of drug-likeness (QED) is 0.561. The first kappa shape index (κ1) is 13.8. The molecule has 0 aliphatic heterocycles. The fraction of sp³-hybridized carbons (Fsp3) is 0. The van der Waals surface area contributed by atoms with Crippen LogP contribution in [-0.4, -0.2) is 10.9 Å². The lowest BCUT2D eigenvalue weighted by molar-refractivity contribution is 0.102. The monoisotopic (exact) mass is 436 g/mol. The first-order chi connectivity index (χ1) is 8.58. The van der Waals surface area contributed by atoms with Gasteiger partial charge in [0.1, 0.15) is 4.60 Å². The predicted octanol–water partition coefficient (Wildman–Crippen LogP) is 4.35. The number of amides is 1. The van der Waals surface area contributed by atoms with Gasteiger partial charge in [0.15, 0.2) is 0 Å². The number of halogens is 3. The summed E-state index contributed by atoms with van der Waals surface area (Å²) < 4.78 is 1.40. The van der Waals surface area contributed by atoms with E-state index in [4.69, 9.17) is 11.6 Å². The fourth-order valence-electron chi connectivity index (χ4n) is 1.34. The first-order valence-electron chi connectivity index (χ1n) is 4.95. The average Bonchev–Trinajstić information content (AvgIpc) is 2.33. The lowest BCUT2D eigenvalue weighted by Crippen LogP contribution is -2.13. The lowest BCUT2D eigenvalue weighted by Gasteiger charge is -2.08. The molecule has 0 atom stereocenters. The minimum Gasteiger partial charge on any atom is -0.321 e. The van der Waals surface area contributed by atoms with Crippen molar-refractivity contribution in [1.29, 1.82) is 0 Å². The van der Waals surface area contributed by atoms with E-state index >= 15 is 0 Å². The van der Waals surface area contributed by atoms with Crippen LogP contribution in [0.1, 0.15) is 10.4 Å². The molecule has 0 saturated carbocycles. The molecule has 6 heteroatoms. The maximum absolute atomic E-state index is 12.1. The molecule has 1 aromatic heterocycles. The number of nitrogens with one attached hydrogen (secondary N) is 1. The molecule has 0 aliphatic rings. The number of carbonyl (C=O) groups excluding carboxylic acids is 1. The van der Waals surface area contributed by atoms with Gasteiger partial charge < -0.3 is 5.32 Å². The van der Waals surface area contributed by atoms with Gasteiger partial charge in [0, 0.05) is 14.8 Å². The van der Waals surface area contributed by atoms with Gasteiger partial charge in [-0.1, -0.05) is 11.6 Å². The van der Waals surface area contributed by atoms with Crippen molar-refractivity contribution < 1.29 is 4.79 Å². The molecule has 0 bridgehead atoms. The van der Waals surface area contributed by atoms with Gasteiger partial charge in [0.2, 0.25) is 0 Å². The van der Waals surface area contributed by atoms with E-state index in [-0.39, 0.29) is 5.91 Å². The summed E-state index contributed by atoms with van der Waals surface area (Å²) in [6, 6.07) is 8.71. The summed E-state index contributed by atoms with van der Waals surface area (Å²) in [5, 5.41) is 3.46. The van der Waals surface area contributed by atoms with Crippen molar-refractivity contribution in [3.63, 3.8) is 0 Å². The second-order valence-electron chi connectivity index (χ2n) is 3.42. The second-order valence-corrected chi connectivity index (χ2v) is 5.77. The number of benzene rings is 1. The van der Waals surface area contributed by atoms with E-state index in [0.717, 1.165) is 9.26 Å². The number of nitrogens with zero attached hydrogens (tertiary/aromatic N) is 1. The van der Waals surface area contributed by atoms with Crippen molar-refractivity contribution in [2.45, 2.75) is 0 Å². The van der Waals surface area contributed by atoms with E-state index in [2.05, 4.69) is 48.8 Å². The Balaban J connectivity index is 2.24. The Hall–Kier alpha value is -0.660. The highest BCUT2D eigenvalue weighted by Crippen LogP contribution is 2.23. The number of anilines is 1. The van der Waals surface area contributed by atoms with Gasteiger partial charge in [-0.25, -0.2) is 4.98 Å². The fourth-order valence-corrected chi connectivity index (χ4v) is 2.77. The van der Waals surface area contributed by atoms with Crippen molar-refractivity contribution in [3.05, 3.63) is 55.3 Å². The van der Waals surface area contributed by atoms with Gasteiger partial charge in [-0.05, 0) is 68.9 Å². The zero-order valence-corrected chi connectivity index (χ0v) is 13.5. The molecule has 2 aromatic rings. The molecule has 92 valence electrons. The summed E-state index contributed by atoms with van der Waals surface area (Å²) in [6.07, 6.45) is 1.62. The standard InChI is InChI=1S/C12H7BrClIN2O/c13-11-8(2-1-5-16-11)12(18)17-10-4-3-7(14)6-9(10)15/h1-6H,(H,17,18). The van der Waals surface area contributed by atoms with E-state index in [1.165, 1.54) is 0 Å². The molecule has 0 radical (unpaired) electrons. The molecule has 0 saturated heterocycles. The summed E-state index contributed by atoms with van der Waals surface area (Å²) in [5.74, 6) is -0.213. The summed E-state index contributed by atoms with van der Waals surface area (Å²) in [4.78, 5) is 16.1. The smallest absolute Gasteiger partial charge is 0.258 e. The van der Waals surface area contributed by atoms with Gasteiger partial charge in [0.25, 0.3) is 5.91 Å². The number of hydrogen-bond donors (Lipinski definition) is 1. The highest BCUT2D eigenvalue weighted by molar-refractivity contribution is 14.1. The van der Waals surface area contributed by atoms with Crippen molar-refractivity contribution in [1.82, 2.24) is 4.98 Å². The molecule has 1 N–H and O–H groups in total. The maximum Gasteiger partial charge on any atom is 0.258 e. The van der Waals surface area contributed by atoms with Crippen LogP contribution >= 0.6 is 50.1 Å². The molecule has 1 amide bonds. The second kappa shape index (κ2) is 5.99. The van der Waals surface area contributed by atoms with E-state index in [1.54, 1.807) is 36.5 Å². The minimum atomic E-state index is -0.213. The maximum atomic E-state index is 12.1. The van der Waals surface area contributed by atoms with Gasteiger partial charge >= 0.3 is 0 Å². The van der Waals surface area contributed by atoms with Crippen LogP contribution in [0.4, 0.5) is 5.69 Å². The third kappa shape index (κ3) is 3.21. The molecule has 3 nitrogen and oxygen atoms in total. The van der Waals surface area contributed by atoms with Gasteiger partial charge in [-0.3, -0.25) is 4.79 Å². The summed E-state index contributed by atoms with van der Waals surface area (Å²) in [5.41, 5.74) is 1.21. The molecule has 2 rings (SSSR count). The molecular formula is C12H7BrClIN2O. The Labute approximate surface area is 131 Å². The van der Waals surface area contributed by atoms with Crippen molar-refractivity contribution in [2.24, 2.45) is 0 Å². The zero-order chi connectivity index (χ0) is 13.1. The first-order valence-corrected chi connectivity index (χ1v) is 7.20. The number of carbonyl (C=O) groups is 1. The van der Waals surface area contributed by atoms with Crippen LogP contribution in [0, 0.1) is 3.57 Å². The van der Waals surface area contributed by atoms with Crippen LogP contribution in [-0.2, 0) is 0 Å². The average molecular weight is 437 g/mol. The van der Waals surface area contributed by atoms with Crippen LogP contribution < -0.4 is 5.32 Å². The summed E-state index contributed by atoms with van der Waals surface area (Å²) in [6.45, 7) is 0. The lowest BCUT2D eigenvalue weighted by atomic mass is 10.2. The van der Waals surface area contributed by atoms with E-state index in [0.29, 0.717) is 15.2 Å². The molecule has 0 fully saturated rings. The van der Waals surface area contributed by atoms with Crippen LogP contribution in [0.5, 0.6) is 0 Å². The zero-order valence-electron chi connectivity index (χ0n) is 8.95. The third-order valence-electron chi connectivity index (χ3n) is 2.18. The van der Waals surface area contributed by atoms with E-state index in [9.17, 15) is 4.79 Å². The molecule has 0 unspecified atom stereocenters. The summed E-state index contributed by atoms with van der Waals surface area (Å²) >= 11 is 11.2. The number of pyridine rings is 1. The van der Waals surface area contributed by atoms with E-state index < -0.39 is 0 Å². The highest BCUT2D eigenvalue weighted by Gasteiger charge is 2.11. The van der Waals surface area contributed by atoms with Crippen LogP contribution in [0.3, 0.4) is 0 Å². The van der Waals surface area contributed by atoms with Crippen molar-refractivity contribution in [2.75, 3.05) is 5.32 Å². The number of aromatic nitrogens is 1. The Morgan fingerprint density at radius 1 is 1.39 bits per heavy atom. The molecule has 1 aromatic carbocycles. The Kier molecular flexibility index (Phi) is 4.58. The number of hydrogen-bond acceptors (Lipinski definition) is 2. The van der Waals surface area contributed by atoms with Crippen molar-refractivity contribution in [3.8, 4) is 0 Å². The largest absolute Gasteiger partial charge is 0.321 e. The van der Waals surface area contributed by atoms with Crippen LogP contribution in [0.15, 0.2) is 41.1 Å².